The Morgan fingerprint density at radius 3 is 2.88 bits per heavy atom. The highest BCUT2D eigenvalue weighted by Gasteiger charge is 2.28. The number of benzene rings is 1. The van der Waals surface area contributed by atoms with Gasteiger partial charge in [-0.15, -0.1) is 0 Å². The van der Waals surface area contributed by atoms with Crippen LogP contribution in [-0.2, 0) is 4.79 Å². The second-order valence-electron chi connectivity index (χ2n) is 6.76. The molecular weight excluding hydrogens is 344 g/mol. The molecule has 0 unspecified atom stereocenters. The number of fused-ring (bicyclic) bond motifs is 1. The number of hydrogen-bond acceptors (Lipinski definition) is 5. The number of nitrogens with one attached hydrogen (secondary N) is 1. The second-order valence-corrected chi connectivity index (χ2v) is 7.77. The van der Waals surface area contributed by atoms with Gasteiger partial charge in [-0.05, 0) is 49.6 Å². The van der Waals surface area contributed by atoms with Gasteiger partial charge in [0, 0.05) is 25.5 Å². The Hall–Kier alpha value is -2.47. The molecule has 0 aliphatic carbocycles. The number of nitrogens with zero attached hydrogens (tertiary/aromatic N) is 3. The minimum Gasteiger partial charge on any atom is -0.349 e. The van der Waals surface area contributed by atoms with Crippen molar-refractivity contribution in [2.75, 3.05) is 18.0 Å². The lowest BCUT2D eigenvalue weighted by molar-refractivity contribution is -0.125. The molecule has 134 valence electrons. The molecule has 1 aromatic carbocycles. The van der Waals surface area contributed by atoms with Gasteiger partial charge in [0.05, 0.1) is 22.2 Å². The van der Waals surface area contributed by atoms with E-state index in [4.69, 9.17) is 4.98 Å². The summed E-state index contributed by atoms with van der Waals surface area (Å²) in [5, 5.41) is 4.17. The number of carbonyl (C=O) groups excluding carboxylic acids is 1. The van der Waals surface area contributed by atoms with Crippen LogP contribution < -0.4 is 10.2 Å². The third kappa shape index (κ3) is 3.55. The lowest BCUT2D eigenvalue weighted by Gasteiger charge is -2.32. The van der Waals surface area contributed by atoms with E-state index in [9.17, 15) is 4.79 Å². The van der Waals surface area contributed by atoms with Crippen molar-refractivity contribution in [3.05, 3.63) is 54.4 Å². The molecule has 1 fully saturated rings. The van der Waals surface area contributed by atoms with E-state index in [1.54, 1.807) is 23.7 Å². The Balaban J connectivity index is 1.43. The molecule has 1 aliphatic rings. The molecule has 3 aromatic rings. The summed E-state index contributed by atoms with van der Waals surface area (Å²) in [6.07, 6.45) is 5.45. The molecular formula is C20H22N4OS. The molecule has 4 rings (SSSR count). The normalized spacial score (nSPS) is 18.7. The predicted octanol–water partition coefficient (Wildman–Crippen LogP) is 3.79. The van der Waals surface area contributed by atoms with E-state index in [-0.39, 0.29) is 17.9 Å². The molecule has 2 atom stereocenters. The van der Waals surface area contributed by atoms with Crippen molar-refractivity contribution < 1.29 is 4.79 Å². The molecule has 26 heavy (non-hydrogen) atoms. The van der Waals surface area contributed by atoms with Crippen LogP contribution in [0.25, 0.3) is 10.2 Å². The first-order valence-electron chi connectivity index (χ1n) is 9.01. The number of amides is 1. The molecule has 1 saturated heterocycles. The number of anilines is 1. The fraction of sp³-hybridized carbons (Fsp3) is 0.350. The Kier molecular flexibility index (Phi) is 4.84. The molecule has 1 amide bonds. The van der Waals surface area contributed by atoms with E-state index < -0.39 is 0 Å². The van der Waals surface area contributed by atoms with Gasteiger partial charge in [-0.25, -0.2) is 4.98 Å². The van der Waals surface area contributed by atoms with Crippen LogP contribution in [0.15, 0.2) is 48.8 Å². The molecule has 0 radical (unpaired) electrons. The molecule has 0 bridgehead atoms. The molecule has 1 N–H and O–H groups in total. The fourth-order valence-electron chi connectivity index (χ4n) is 3.43. The van der Waals surface area contributed by atoms with Gasteiger partial charge < -0.3 is 10.2 Å². The zero-order valence-corrected chi connectivity index (χ0v) is 15.6. The van der Waals surface area contributed by atoms with Crippen molar-refractivity contribution in [1.82, 2.24) is 15.3 Å². The van der Waals surface area contributed by atoms with Gasteiger partial charge in [0.1, 0.15) is 0 Å². The van der Waals surface area contributed by atoms with Crippen LogP contribution in [0.5, 0.6) is 0 Å². The van der Waals surface area contributed by atoms with E-state index in [1.807, 2.05) is 37.3 Å². The minimum absolute atomic E-state index is 0.0000458. The van der Waals surface area contributed by atoms with E-state index in [2.05, 4.69) is 21.3 Å². The van der Waals surface area contributed by atoms with Gasteiger partial charge in [-0.1, -0.05) is 23.5 Å². The Morgan fingerprint density at radius 1 is 1.27 bits per heavy atom. The van der Waals surface area contributed by atoms with Gasteiger partial charge in [-0.3, -0.25) is 9.78 Å². The molecule has 0 spiro atoms. The van der Waals surface area contributed by atoms with Crippen LogP contribution >= 0.6 is 11.3 Å². The summed E-state index contributed by atoms with van der Waals surface area (Å²) in [6, 6.07) is 12.1. The van der Waals surface area contributed by atoms with E-state index in [0.29, 0.717) is 0 Å². The lowest BCUT2D eigenvalue weighted by atomic mass is 9.97. The molecule has 2 aromatic heterocycles. The maximum absolute atomic E-state index is 12.8. The largest absolute Gasteiger partial charge is 0.349 e. The van der Waals surface area contributed by atoms with E-state index in [0.717, 1.165) is 42.1 Å². The summed E-state index contributed by atoms with van der Waals surface area (Å²) < 4.78 is 1.19. The summed E-state index contributed by atoms with van der Waals surface area (Å²) in [5.41, 5.74) is 2.11. The zero-order valence-electron chi connectivity index (χ0n) is 14.8. The first kappa shape index (κ1) is 17.0. The Morgan fingerprint density at radius 2 is 2.08 bits per heavy atom. The highest BCUT2D eigenvalue weighted by molar-refractivity contribution is 7.22. The third-order valence-corrected chi connectivity index (χ3v) is 6.01. The SMILES string of the molecule is C[C@H](NC(=O)[C@@H]1CCCN(c2nc3ccccc3s2)C1)c1ccncc1. The smallest absolute Gasteiger partial charge is 0.225 e. The monoisotopic (exact) mass is 366 g/mol. The average molecular weight is 366 g/mol. The van der Waals surface area contributed by atoms with E-state index in [1.165, 1.54) is 4.70 Å². The highest BCUT2D eigenvalue weighted by Crippen LogP contribution is 2.31. The zero-order chi connectivity index (χ0) is 17.9. The third-order valence-electron chi connectivity index (χ3n) is 4.91. The number of carbonyl (C=O) groups is 1. The van der Waals surface area contributed by atoms with Gasteiger partial charge in [-0.2, -0.15) is 0 Å². The van der Waals surface area contributed by atoms with Gasteiger partial charge in [0.2, 0.25) is 5.91 Å². The van der Waals surface area contributed by atoms with Crippen molar-refractivity contribution in [3.8, 4) is 0 Å². The van der Waals surface area contributed by atoms with Gasteiger partial charge in [0.15, 0.2) is 5.13 Å². The average Bonchev–Trinajstić information content (AvgIpc) is 3.13. The fourth-order valence-corrected chi connectivity index (χ4v) is 4.43. The standard InChI is InChI=1S/C20H22N4OS/c1-14(15-8-10-21-11-9-15)22-19(25)16-5-4-12-24(13-16)20-23-17-6-2-3-7-18(17)26-20/h2-3,6-11,14,16H,4-5,12-13H2,1H3,(H,22,25)/t14-,16+/m0/s1. The number of rotatable bonds is 4. The molecule has 3 heterocycles. The van der Waals surface area contributed by atoms with Gasteiger partial charge in [0.25, 0.3) is 0 Å². The molecule has 1 aliphatic heterocycles. The van der Waals surface area contributed by atoms with E-state index >= 15 is 0 Å². The topological polar surface area (TPSA) is 58.1 Å². The molecule has 5 nitrogen and oxygen atoms in total. The quantitative estimate of drug-likeness (QED) is 0.763. The van der Waals surface area contributed by atoms with Crippen molar-refractivity contribution in [3.63, 3.8) is 0 Å². The summed E-state index contributed by atoms with van der Waals surface area (Å²) in [5.74, 6) is 0.125. The summed E-state index contributed by atoms with van der Waals surface area (Å²) in [7, 11) is 0. The highest BCUT2D eigenvalue weighted by atomic mass is 32.1. The maximum Gasteiger partial charge on any atom is 0.225 e. The summed E-state index contributed by atoms with van der Waals surface area (Å²) in [6.45, 7) is 3.71. The Bertz CT molecular complexity index is 862. The first-order valence-corrected chi connectivity index (χ1v) is 9.83. The number of hydrogen-bond donors (Lipinski definition) is 1. The van der Waals surface area contributed by atoms with Gasteiger partial charge >= 0.3 is 0 Å². The number of pyridine rings is 1. The maximum atomic E-state index is 12.8. The van der Waals surface area contributed by atoms with Crippen LogP contribution in [0.1, 0.15) is 31.4 Å². The van der Waals surface area contributed by atoms with Crippen molar-refractivity contribution in [2.45, 2.75) is 25.8 Å². The summed E-state index contributed by atoms with van der Waals surface area (Å²) >= 11 is 1.70. The van der Waals surface area contributed by atoms with Crippen molar-refractivity contribution in [1.29, 1.82) is 0 Å². The van der Waals surface area contributed by atoms with Crippen LogP contribution in [0.2, 0.25) is 0 Å². The minimum atomic E-state index is -0.0108. The summed E-state index contributed by atoms with van der Waals surface area (Å²) in [4.78, 5) is 23.8. The molecule has 0 saturated carbocycles. The van der Waals surface area contributed by atoms with Crippen molar-refractivity contribution >= 4 is 32.6 Å². The number of para-hydroxylation sites is 1. The first-order chi connectivity index (χ1) is 12.7. The lowest BCUT2D eigenvalue weighted by Crippen LogP contribution is -2.43. The second kappa shape index (κ2) is 7.41. The van der Waals surface area contributed by atoms with Crippen molar-refractivity contribution in [2.24, 2.45) is 5.92 Å². The number of aromatic nitrogens is 2. The molecule has 6 heteroatoms. The Labute approximate surface area is 157 Å². The van der Waals surface area contributed by atoms with Crippen LogP contribution in [0.3, 0.4) is 0 Å². The van der Waals surface area contributed by atoms with Crippen LogP contribution in [-0.4, -0.2) is 29.0 Å². The predicted molar refractivity (Wildman–Crippen MR) is 105 cm³/mol. The number of thiazole rings is 1. The number of piperidine rings is 1. The van der Waals surface area contributed by atoms with Crippen LogP contribution in [0, 0.1) is 5.92 Å². The van der Waals surface area contributed by atoms with Crippen LogP contribution in [0.4, 0.5) is 5.13 Å².